The van der Waals surface area contributed by atoms with Gasteiger partial charge in [-0.25, -0.2) is 0 Å². The first-order valence-corrected chi connectivity index (χ1v) is 6.71. The maximum atomic E-state index is 3.52. The molecule has 17 heavy (non-hydrogen) atoms. The average Bonchev–Trinajstić information content (AvgIpc) is 2.74. The molecule has 0 saturated carbocycles. The van der Waals surface area contributed by atoms with Crippen molar-refractivity contribution in [2.45, 2.75) is 25.8 Å². The Bertz CT molecular complexity index is 323. The van der Waals surface area contributed by atoms with Gasteiger partial charge in [-0.15, -0.1) is 0 Å². The summed E-state index contributed by atoms with van der Waals surface area (Å²) in [5.41, 5.74) is 1.44. The zero-order valence-corrected chi connectivity index (χ0v) is 11.0. The molecule has 0 aromatic heterocycles. The monoisotopic (exact) mass is 232 g/mol. The first-order valence-electron chi connectivity index (χ1n) is 6.71. The SMILES string of the molecule is CC1NCCC1CN(C)CCc1ccccc1. The Balaban J connectivity index is 1.72. The van der Waals surface area contributed by atoms with Crippen LogP contribution in [0.5, 0.6) is 0 Å². The molecule has 1 heterocycles. The molecule has 2 heteroatoms. The van der Waals surface area contributed by atoms with E-state index in [9.17, 15) is 0 Å². The topological polar surface area (TPSA) is 15.3 Å². The van der Waals surface area contributed by atoms with Crippen LogP contribution in [0.1, 0.15) is 18.9 Å². The van der Waals surface area contributed by atoms with Crippen molar-refractivity contribution in [3.05, 3.63) is 35.9 Å². The maximum Gasteiger partial charge on any atom is 0.00796 e. The highest BCUT2D eigenvalue weighted by atomic mass is 15.1. The Kier molecular flexibility index (Phi) is 4.57. The third-order valence-electron chi connectivity index (χ3n) is 3.86. The summed E-state index contributed by atoms with van der Waals surface area (Å²) in [7, 11) is 2.24. The average molecular weight is 232 g/mol. The van der Waals surface area contributed by atoms with Crippen LogP contribution in [-0.2, 0) is 6.42 Å². The molecule has 1 N–H and O–H groups in total. The van der Waals surface area contributed by atoms with Gasteiger partial charge in [0.15, 0.2) is 0 Å². The van der Waals surface area contributed by atoms with Crippen LogP contribution in [0, 0.1) is 5.92 Å². The molecule has 1 saturated heterocycles. The Hall–Kier alpha value is -0.860. The molecule has 1 aromatic rings. The third kappa shape index (κ3) is 3.83. The second-order valence-electron chi connectivity index (χ2n) is 5.29. The second kappa shape index (κ2) is 6.18. The molecule has 0 radical (unpaired) electrons. The molecule has 0 amide bonds. The summed E-state index contributed by atoms with van der Waals surface area (Å²) in [4.78, 5) is 2.47. The quantitative estimate of drug-likeness (QED) is 0.837. The minimum absolute atomic E-state index is 0.689. The van der Waals surface area contributed by atoms with E-state index in [1.807, 2.05) is 0 Å². The van der Waals surface area contributed by atoms with Crippen molar-refractivity contribution in [2.24, 2.45) is 5.92 Å². The van der Waals surface area contributed by atoms with Crippen LogP contribution in [-0.4, -0.2) is 37.6 Å². The summed E-state index contributed by atoms with van der Waals surface area (Å²) in [6.07, 6.45) is 2.49. The third-order valence-corrected chi connectivity index (χ3v) is 3.86. The molecule has 94 valence electrons. The molecule has 0 bridgehead atoms. The fourth-order valence-electron chi connectivity index (χ4n) is 2.62. The molecular formula is C15H24N2. The summed E-state index contributed by atoms with van der Waals surface area (Å²) in [5.74, 6) is 0.829. The molecular weight excluding hydrogens is 208 g/mol. The number of benzene rings is 1. The molecule has 0 aliphatic carbocycles. The first-order chi connectivity index (χ1) is 8.25. The molecule has 2 atom stereocenters. The van der Waals surface area contributed by atoms with Gasteiger partial charge in [0.2, 0.25) is 0 Å². The van der Waals surface area contributed by atoms with Crippen LogP contribution < -0.4 is 5.32 Å². The lowest BCUT2D eigenvalue weighted by Gasteiger charge is -2.23. The van der Waals surface area contributed by atoms with Gasteiger partial charge in [0.1, 0.15) is 0 Å². The fourth-order valence-corrected chi connectivity index (χ4v) is 2.62. The standard InChI is InChI=1S/C15H24N2/c1-13-15(8-10-16-13)12-17(2)11-9-14-6-4-3-5-7-14/h3-7,13,15-16H,8-12H2,1-2H3. The van der Waals surface area contributed by atoms with Crippen LogP contribution in [0.15, 0.2) is 30.3 Å². The molecule has 2 unspecified atom stereocenters. The summed E-state index contributed by atoms with van der Waals surface area (Å²) in [6.45, 7) is 5.88. The van der Waals surface area contributed by atoms with Crippen LogP contribution in [0.25, 0.3) is 0 Å². The second-order valence-corrected chi connectivity index (χ2v) is 5.29. The molecule has 1 aliphatic heterocycles. The number of nitrogens with zero attached hydrogens (tertiary/aromatic N) is 1. The fraction of sp³-hybridized carbons (Fsp3) is 0.600. The maximum absolute atomic E-state index is 3.52. The van der Waals surface area contributed by atoms with Crippen LogP contribution in [0.4, 0.5) is 0 Å². The van der Waals surface area contributed by atoms with Gasteiger partial charge in [-0.3, -0.25) is 0 Å². The van der Waals surface area contributed by atoms with E-state index in [4.69, 9.17) is 0 Å². The predicted molar refractivity (Wildman–Crippen MR) is 73.2 cm³/mol. The number of nitrogens with one attached hydrogen (secondary N) is 1. The summed E-state index contributed by atoms with van der Waals surface area (Å²) in [5, 5.41) is 3.52. The molecule has 1 fully saturated rings. The van der Waals surface area contributed by atoms with Crippen molar-refractivity contribution >= 4 is 0 Å². The first kappa shape index (κ1) is 12.6. The van der Waals surface area contributed by atoms with E-state index in [0.29, 0.717) is 6.04 Å². The molecule has 2 nitrogen and oxygen atoms in total. The van der Waals surface area contributed by atoms with Gasteiger partial charge in [-0.2, -0.15) is 0 Å². The Morgan fingerprint density at radius 2 is 2.06 bits per heavy atom. The van der Waals surface area contributed by atoms with Gasteiger partial charge < -0.3 is 10.2 Å². The lowest BCUT2D eigenvalue weighted by Crippen LogP contribution is -2.33. The van der Waals surface area contributed by atoms with Crippen molar-refractivity contribution < 1.29 is 0 Å². The zero-order chi connectivity index (χ0) is 12.1. The number of hydrogen-bond donors (Lipinski definition) is 1. The van der Waals surface area contributed by atoms with E-state index in [1.54, 1.807) is 0 Å². The van der Waals surface area contributed by atoms with Crippen LogP contribution >= 0.6 is 0 Å². The molecule has 1 aromatic carbocycles. The van der Waals surface area contributed by atoms with Crippen LogP contribution in [0.3, 0.4) is 0 Å². The van der Waals surface area contributed by atoms with E-state index in [1.165, 1.54) is 25.1 Å². The highest BCUT2D eigenvalue weighted by molar-refractivity contribution is 5.14. The highest BCUT2D eigenvalue weighted by Gasteiger charge is 2.23. The summed E-state index contributed by atoms with van der Waals surface area (Å²) < 4.78 is 0. The summed E-state index contributed by atoms with van der Waals surface area (Å²) in [6, 6.07) is 11.4. The van der Waals surface area contributed by atoms with E-state index in [2.05, 4.69) is 54.5 Å². The Morgan fingerprint density at radius 1 is 1.29 bits per heavy atom. The Labute approximate surface area is 105 Å². The smallest absolute Gasteiger partial charge is 0.00796 e. The molecule has 2 rings (SSSR count). The van der Waals surface area contributed by atoms with Crippen molar-refractivity contribution in [3.8, 4) is 0 Å². The van der Waals surface area contributed by atoms with Crippen molar-refractivity contribution in [3.63, 3.8) is 0 Å². The van der Waals surface area contributed by atoms with Crippen molar-refractivity contribution in [1.29, 1.82) is 0 Å². The summed E-state index contributed by atoms with van der Waals surface area (Å²) >= 11 is 0. The molecule has 1 aliphatic rings. The zero-order valence-electron chi connectivity index (χ0n) is 11.0. The van der Waals surface area contributed by atoms with Crippen molar-refractivity contribution in [2.75, 3.05) is 26.7 Å². The van der Waals surface area contributed by atoms with E-state index in [-0.39, 0.29) is 0 Å². The number of rotatable bonds is 5. The van der Waals surface area contributed by atoms with Gasteiger partial charge in [0, 0.05) is 19.1 Å². The van der Waals surface area contributed by atoms with Gasteiger partial charge in [-0.1, -0.05) is 30.3 Å². The lowest BCUT2D eigenvalue weighted by molar-refractivity contribution is 0.269. The number of likely N-dealkylation sites (N-methyl/N-ethyl adjacent to an activating group) is 1. The highest BCUT2D eigenvalue weighted by Crippen LogP contribution is 2.16. The molecule has 0 spiro atoms. The van der Waals surface area contributed by atoms with Gasteiger partial charge in [-0.05, 0) is 44.8 Å². The van der Waals surface area contributed by atoms with Crippen LogP contribution in [0.2, 0.25) is 0 Å². The predicted octanol–water partition coefficient (Wildman–Crippen LogP) is 2.16. The van der Waals surface area contributed by atoms with E-state index in [0.717, 1.165) is 18.9 Å². The van der Waals surface area contributed by atoms with Gasteiger partial charge >= 0.3 is 0 Å². The van der Waals surface area contributed by atoms with E-state index >= 15 is 0 Å². The van der Waals surface area contributed by atoms with Gasteiger partial charge in [0.25, 0.3) is 0 Å². The van der Waals surface area contributed by atoms with Gasteiger partial charge in [0.05, 0.1) is 0 Å². The number of hydrogen-bond acceptors (Lipinski definition) is 2. The largest absolute Gasteiger partial charge is 0.314 e. The van der Waals surface area contributed by atoms with E-state index < -0.39 is 0 Å². The van der Waals surface area contributed by atoms with Crippen molar-refractivity contribution in [1.82, 2.24) is 10.2 Å². The minimum Gasteiger partial charge on any atom is -0.314 e. The minimum atomic E-state index is 0.689. The lowest BCUT2D eigenvalue weighted by atomic mass is 10.0. The normalized spacial score (nSPS) is 24.4. The Morgan fingerprint density at radius 3 is 2.71 bits per heavy atom.